The zero-order valence-electron chi connectivity index (χ0n) is 14.0. The van der Waals surface area contributed by atoms with Gasteiger partial charge in [-0.2, -0.15) is 0 Å². The Morgan fingerprint density at radius 1 is 0.741 bits per heavy atom. The number of pyridine rings is 1. The molecule has 4 nitrogen and oxygen atoms in total. The third-order valence-corrected chi connectivity index (χ3v) is 3.93. The van der Waals surface area contributed by atoms with E-state index < -0.39 is 0 Å². The van der Waals surface area contributed by atoms with Crippen LogP contribution in [0.2, 0.25) is 0 Å². The van der Waals surface area contributed by atoms with Gasteiger partial charge in [-0.1, -0.05) is 0 Å². The summed E-state index contributed by atoms with van der Waals surface area (Å²) in [6, 6.07) is 16.8. The number of aromatic hydroxyl groups is 1. The Labute approximate surface area is 168 Å². The van der Waals surface area contributed by atoms with E-state index >= 15 is 0 Å². The molecule has 0 aliphatic heterocycles. The SMILES string of the molecule is Cl.Cl.Oc1ccc(-c2nc(-c3ccc(F)cc3)c(-c3ccncc3)[nH]2)cc1. The Balaban J connectivity index is 0.00000131. The van der Waals surface area contributed by atoms with E-state index in [-0.39, 0.29) is 36.4 Å². The highest BCUT2D eigenvalue weighted by Crippen LogP contribution is 2.33. The molecule has 0 saturated heterocycles. The summed E-state index contributed by atoms with van der Waals surface area (Å²) in [5.74, 6) is 0.582. The van der Waals surface area contributed by atoms with Crippen LogP contribution in [0.5, 0.6) is 5.75 Å². The molecule has 0 unspecified atom stereocenters. The van der Waals surface area contributed by atoms with Crippen LogP contribution in [0, 0.1) is 5.82 Å². The third kappa shape index (κ3) is 4.27. The lowest BCUT2D eigenvalue weighted by Gasteiger charge is -2.02. The van der Waals surface area contributed by atoms with Gasteiger partial charge in [0.15, 0.2) is 0 Å². The molecule has 2 N–H and O–H groups in total. The lowest BCUT2D eigenvalue weighted by molar-refractivity contribution is 0.475. The first-order chi connectivity index (χ1) is 12.2. The summed E-state index contributed by atoms with van der Waals surface area (Å²) in [6.07, 6.45) is 3.43. The number of hydrogen-bond donors (Lipinski definition) is 2. The van der Waals surface area contributed by atoms with Crippen molar-refractivity contribution in [2.24, 2.45) is 0 Å². The van der Waals surface area contributed by atoms with Crippen LogP contribution in [-0.4, -0.2) is 20.1 Å². The largest absolute Gasteiger partial charge is 0.508 e. The van der Waals surface area contributed by atoms with Gasteiger partial charge in [-0.15, -0.1) is 24.8 Å². The monoisotopic (exact) mass is 403 g/mol. The first-order valence-electron chi connectivity index (χ1n) is 7.76. The number of nitrogens with zero attached hydrogens (tertiary/aromatic N) is 2. The van der Waals surface area contributed by atoms with Gasteiger partial charge in [0.05, 0.1) is 11.4 Å². The molecule has 0 spiro atoms. The standard InChI is InChI=1S/C20H14FN3O.2ClH/c21-16-5-1-13(2-6-16)18-19(14-9-11-22-12-10-14)24-20(23-18)15-3-7-17(25)8-4-15;;/h1-12,25H,(H,23,24);2*1H. The maximum absolute atomic E-state index is 13.3. The Bertz CT molecular complexity index is 1000. The van der Waals surface area contributed by atoms with E-state index in [1.807, 2.05) is 12.1 Å². The highest BCUT2D eigenvalue weighted by atomic mass is 35.5. The second-order valence-electron chi connectivity index (χ2n) is 5.60. The molecule has 138 valence electrons. The van der Waals surface area contributed by atoms with Crippen LogP contribution in [0.15, 0.2) is 73.1 Å². The van der Waals surface area contributed by atoms with E-state index in [1.54, 1.807) is 48.8 Å². The molecule has 4 rings (SSSR count). The Morgan fingerprint density at radius 3 is 1.96 bits per heavy atom. The molecule has 2 aromatic heterocycles. The van der Waals surface area contributed by atoms with Gasteiger partial charge in [0.2, 0.25) is 0 Å². The smallest absolute Gasteiger partial charge is 0.138 e. The van der Waals surface area contributed by atoms with Crippen LogP contribution in [-0.2, 0) is 0 Å². The molecule has 0 amide bonds. The van der Waals surface area contributed by atoms with Gasteiger partial charge >= 0.3 is 0 Å². The third-order valence-electron chi connectivity index (χ3n) is 3.93. The van der Waals surface area contributed by atoms with E-state index in [1.165, 1.54) is 12.1 Å². The maximum atomic E-state index is 13.3. The van der Waals surface area contributed by atoms with Crippen molar-refractivity contribution in [3.05, 3.63) is 78.9 Å². The summed E-state index contributed by atoms with van der Waals surface area (Å²) in [6.45, 7) is 0. The van der Waals surface area contributed by atoms with E-state index in [4.69, 9.17) is 4.98 Å². The molecule has 0 fully saturated rings. The number of benzene rings is 2. The average Bonchev–Trinajstić information content (AvgIpc) is 3.09. The number of H-pyrrole nitrogens is 1. The summed E-state index contributed by atoms with van der Waals surface area (Å²) in [5, 5.41) is 9.47. The summed E-state index contributed by atoms with van der Waals surface area (Å²) >= 11 is 0. The number of rotatable bonds is 3. The average molecular weight is 404 g/mol. The van der Waals surface area contributed by atoms with Gasteiger partial charge in [0, 0.05) is 29.1 Å². The first-order valence-corrected chi connectivity index (χ1v) is 7.76. The number of aromatic amines is 1. The predicted molar refractivity (Wildman–Crippen MR) is 109 cm³/mol. The van der Waals surface area contributed by atoms with Crippen LogP contribution in [0.3, 0.4) is 0 Å². The molecule has 0 aliphatic rings. The van der Waals surface area contributed by atoms with E-state index in [9.17, 15) is 9.50 Å². The van der Waals surface area contributed by atoms with Gasteiger partial charge in [-0.25, -0.2) is 9.37 Å². The zero-order chi connectivity index (χ0) is 17.2. The van der Waals surface area contributed by atoms with E-state index in [0.29, 0.717) is 5.82 Å². The highest BCUT2D eigenvalue weighted by molar-refractivity contribution is 5.85. The molecule has 27 heavy (non-hydrogen) atoms. The summed E-state index contributed by atoms with van der Waals surface area (Å²) in [4.78, 5) is 12.1. The normalized spacial score (nSPS) is 9.96. The second-order valence-corrected chi connectivity index (χ2v) is 5.60. The fourth-order valence-electron chi connectivity index (χ4n) is 2.67. The second kappa shape index (κ2) is 8.66. The summed E-state index contributed by atoms with van der Waals surface area (Å²) < 4.78 is 13.3. The van der Waals surface area contributed by atoms with Crippen molar-refractivity contribution in [3.63, 3.8) is 0 Å². The van der Waals surface area contributed by atoms with Gasteiger partial charge in [0.1, 0.15) is 17.4 Å². The number of aromatic nitrogens is 3. The quantitative estimate of drug-likeness (QED) is 0.475. The van der Waals surface area contributed by atoms with Crippen molar-refractivity contribution in [2.45, 2.75) is 0 Å². The Kier molecular flexibility index (Phi) is 6.55. The molecule has 0 saturated carbocycles. The number of imidazole rings is 1. The molecule has 0 bridgehead atoms. The molecule has 0 aliphatic carbocycles. The Hall–Kier alpha value is -2.89. The highest BCUT2D eigenvalue weighted by Gasteiger charge is 2.15. The minimum atomic E-state index is -0.288. The van der Waals surface area contributed by atoms with Crippen LogP contribution < -0.4 is 0 Å². The minimum Gasteiger partial charge on any atom is -0.508 e. The minimum absolute atomic E-state index is 0. The zero-order valence-corrected chi connectivity index (χ0v) is 15.6. The number of phenolic OH excluding ortho intramolecular Hbond substituents is 1. The van der Waals surface area contributed by atoms with Gasteiger partial charge in [-0.05, 0) is 60.7 Å². The number of hydrogen-bond acceptors (Lipinski definition) is 3. The molecular weight excluding hydrogens is 388 g/mol. The molecule has 0 radical (unpaired) electrons. The topological polar surface area (TPSA) is 61.8 Å². The number of nitrogens with one attached hydrogen (secondary N) is 1. The van der Waals surface area contributed by atoms with Crippen molar-refractivity contribution in [1.82, 2.24) is 15.0 Å². The molecule has 7 heteroatoms. The van der Waals surface area contributed by atoms with Gasteiger partial charge < -0.3 is 10.1 Å². The van der Waals surface area contributed by atoms with Crippen molar-refractivity contribution < 1.29 is 9.50 Å². The number of halogens is 3. The molecule has 0 atom stereocenters. The van der Waals surface area contributed by atoms with Crippen molar-refractivity contribution in [2.75, 3.05) is 0 Å². The summed E-state index contributed by atoms with van der Waals surface area (Å²) in [5.41, 5.74) is 4.16. The molecule has 4 aromatic rings. The fourth-order valence-corrected chi connectivity index (χ4v) is 2.67. The number of phenols is 1. The van der Waals surface area contributed by atoms with Crippen molar-refractivity contribution in [3.8, 4) is 39.7 Å². The summed E-state index contributed by atoms with van der Waals surface area (Å²) in [7, 11) is 0. The van der Waals surface area contributed by atoms with E-state index in [0.717, 1.165) is 28.1 Å². The molecule has 2 aromatic carbocycles. The van der Waals surface area contributed by atoms with Crippen molar-refractivity contribution >= 4 is 24.8 Å². The van der Waals surface area contributed by atoms with Crippen LogP contribution in [0.25, 0.3) is 33.9 Å². The van der Waals surface area contributed by atoms with Crippen LogP contribution >= 0.6 is 24.8 Å². The van der Waals surface area contributed by atoms with Crippen LogP contribution in [0.1, 0.15) is 0 Å². The lowest BCUT2D eigenvalue weighted by atomic mass is 10.1. The first kappa shape index (κ1) is 20.4. The maximum Gasteiger partial charge on any atom is 0.138 e. The lowest BCUT2D eigenvalue weighted by Crippen LogP contribution is -1.84. The fraction of sp³-hybridized carbons (Fsp3) is 0. The van der Waals surface area contributed by atoms with Gasteiger partial charge in [0.25, 0.3) is 0 Å². The van der Waals surface area contributed by atoms with Crippen LogP contribution in [0.4, 0.5) is 4.39 Å². The van der Waals surface area contributed by atoms with Gasteiger partial charge in [-0.3, -0.25) is 4.98 Å². The molecule has 2 heterocycles. The van der Waals surface area contributed by atoms with E-state index in [2.05, 4.69) is 9.97 Å². The Morgan fingerprint density at radius 2 is 1.33 bits per heavy atom. The predicted octanol–water partition coefficient (Wildman–Crippen LogP) is 5.49. The molecular formula is C20H16Cl2FN3O. The van der Waals surface area contributed by atoms with Crippen molar-refractivity contribution in [1.29, 1.82) is 0 Å².